The van der Waals surface area contributed by atoms with E-state index in [2.05, 4.69) is 20.4 Å². The van der Waals surface area contributed by atoms with Crippen LogP contribution >= 0.6 is 12.4 Å². The summed E-state index contributed by atoms with van der Waals surface area (Å²) in [7, 11) is 1.84. The average Bonchev–Trinajstić information content (AvgIpc) is 3.35. The van der Waals surface area contributed by atoms with Crippen molar-refractivity contribution in [2.24, 2.45) is 0 Å². The Kier molecular flexibility index (Phi) is 6.70. The molecule has 8 heteroatoms. The molecule has 1 aliphatic heterocycles. The summed E-state index contributed by atoms with van der Waals surface area (Å²) < 4.78 is 1.93. The van der Waals surface area contributed by atoms with E-state index >= 15 is 0 Å². The van der Waals surface area contributed by atoms with E-state index in [0.717, 1.165) is 55.6 Å². The number of benzene rings is 1. The van der Waals surface area contributed by atoms with Crippen molar-refractivity contribution in [3.05, 3.63) is 48.0 Å². The topological polar surface area (TPSA) is 78.8 Å². The summed E-state index contributed by atoms with van der Waals surface area (Å²) in [6.07, 6.45) is 5.85. The zero-order valence-corrected chi connectivity index (χ0v) is 16.9. The van der Waals surface area contributed by atoms with Crippen LogP contribution in [0.4, 0.5) is 0 Å². The minimum absolute atomic E-state index is 0. The van der Waals surface area contributed by atoms with E-state index in [-0.39, 0.29) is 18.3 Å². The maximum atomic E-state index is 12.6. The lowest BCUT2D eigenvalue weighted by Gasteiger charge is -2.23. The van der Waals surface area contributed by atoms with Gasteiger partial charge in [0.1, 0.15) is 11.5 Å². The summed E-state index contributed by atoms with van der Waals surface area (Å²) in [5, 5.41) is 7.90. The van der Waals surface area contributed by atoms with Crippen molar-refractivity contribution in [3.63, 3.8) is 0 Å². The molecular formula is C20H27ClN6O. The lowest BCUT2D eigenvalue weighted by Crippen LogP contribution is -2.32. The Morgan fingerprint density at radius 3 is 2.96 bits per heavy atom. The number of rotatable bonds is 6. The van der Waals surface area contributed by atoms with Gasteiger partial charge in [-0.3, -0.25) is 9.48 Å². The highest BCUT2D eigenvalue weighted by Crippen LogP contribution is 2.16. The number of piperidine rings is 1. The number of hydrogen-bond acceptors (Lipinski definition) is 4. The average molecular weight is 403 g/mol. The Morgan fingerprint density at radius 1 is 1.32 bits per heavy atom. The number of carbonyl (C=O) groups is 1. The lowest BCUT2D eigenvalue weighted by molar-refractivity contribution is 0.0786. The Labute approximate surface area is 170 Å². The molecule has 1 unspecified atom stereocenters. The van der Waals surface area contributed by atoms with Gasteiger partial charge in [0.25, 0.3) is 5.91 Å². The third-order valence-corrected chi connectivity index (χ3v) is 5.16. The summed E-state index contributed by atoms with van der Waals surface area (Å²) in [4.78, 5) is 22.3. The van der Waals surface area contributed by atoms with Gasteiger partial charge in [-0.15, -0.1) is 12.4 Å². The van der Waals surface area contributed by atoms with E-state index in [1.807, 2.05) is 48.3 Å². The first-order valence-electron chi connectivity index (χ1n) is 9.65. The molecule has 3 heterocycles. The number of aromatic amines is 1. The van der Waals surface area contributed by atoms with E-state index in [9.17, 15) is 4.79 Å². The van der Waals surface area contributed by atoms with Crippen LogP contribution in [0.1, 0.15) is 41.6 Å². The number of nitrogens with zero attached hydrogens (tertiary/aromatic N) is 4. The molecule has 0 radical (unpaired) electrons. The van der Waals surface area contributed by atoms with Crippen LogP contribution in [0.5, 0.6) is 0 Å². The second kappa shape index (κ2) is 9.21. The van der Waals surface area contributed by atoms with Gasteiger partial charge in [0.2, 0.25) is 0 Å². The Balaban J connectivity index is 0.00000225. The molecule has 2 N–H and O–H groups in total. The quantitative estimate of drug-likeness (QED) is 0.664. The van der Waals surface area contributed by atoms with Crippen LogP contribution < -0.4 is 5.32 Å². The van der Waals surface area contributed by atoms with Crippen molar-refractivity contribution in [3.8, 4) is 0 Å². The molecule has 1 fully saturated rings. The molecule has 3 aromatic rings. The predicted octanol–water partition coefficient (Wildman–Crippen LogP) is 2.81. The number of aryl methyl sites for hydroxylation is 1. The van der Waals surface area contributed by atoms with Crippen molar-refractivity contribution in [1.29, 1.82) is 0 Å². The molecule has 2 aromatic heterocycles. The summed E-state index contributed by atoms with van der Waals surface area (Å²) >= 11 is 0. The first-order valence-corrected chi connectivity index (χ1v) is 9.65. The van der Waals surface area contributed by atoms with Gasteiger partial charge < -0.3 is 15.2 Å². The number of hydrogen-bond donors (Lipinski definition) is 2. The summed E-state index contributed by atoms with van der Waals surface area (Å²) in [6, 6.07) is 10.2. The second-order valence-electron chi connectivity index (χ2n) is 7.21. The fourth-order valence-electron chi connectivity index (χ4n) is 3.62. The molecule has 1 amide bonds. The van der Waals surface area contributed by atoms with E-state index in [1.54, 1.807) is 4.90 Å². The predicted molar refractivity (Wildman–Crippen MR) is 112 cm³/mol. The van der Waals surface area contributed by atoms with Crippen molar-refractivity contribution >= 4 is 29.3 Å². The first kappa shape index (κ1) is 20.4. The molecule has 0 saturated carbocycles. The molecule has 0 spiro atoms. The fourth-order valence-corrected chi connectivity index (χ4v) is 3.62. The first-order chi connectivity index (χ1) is 13.2. The number of H-pyrrole nitrogens is 1. The largest absolute Gasteiger partial charge is 0.342 e. The van der Waals surface area contributed by atoms with Crippen LogP contribution in [-0.2, 0) is 6.42 Å². The number of para-hydroxylation sites is 2. The van der Waals surface area contributed by atoms with Gasteiger partial charge in [0.05, 0.1) is 17.1 Å². The maximum Gasteiger partial charge on any atom is 0.274 e. The molecular weight excluding hydrogens is 376 g/mol. The summed E-state index contributed by atoms with van der Waals surface area (Å²) in [6.45, 7) is 2.66. The van der Waals surface area contributed by atoms with Crippen molar-refractivity contribution in [2.75, 3.05) is 26.7 Å². The van der Waals surface area contributed by atoms with Gasteiger partial charge in [-0.25, -0.2) is 4.98 Å². The zero-order chi connectivity index (χ0) is 18.6. The molecule has 1 atom stereocenters. The second-order valence-corrected chi connectivity index (χ2v) is 7.21. The van der Waals surface area contributed by atoms with Crippen molar-refractivity contribution in [2.45, 2.75) is 31.7 Å². The van der Waals surface area contributed by atoms with Crippen LogP contribution in [0.2, 0.25) is 0 Å². The minimum atomic E-state index is -0.0258. The molecule has 0 bridgehead atoms. The number of halogens is 1. The van der Waals surface area contributed by atoms with Gasteiger partial charge in [-0.2, -0.15) is 5.10 Å². The third-order valence-electron chi connectivity index (χ3n) is 5.16. The Morgan fingerprint density at radius 2 is 2.18 bits per heavy atom. The highest BCUT2D eigenvalue weighted by molar-refractivity contribution is 5.92. The van der Waals surface area contributed by atoms with Gasteiger partial charge in [-0.1, -0.05) is 12.1 Å². The number of nitrogens with one attached hydrogen (secondary N) is 2. The number of carbonyl (C=O) groups excluding carboxylic acids is 1. The Bertz CT molecular complexity index is 881. The minimum Gasteiger partial charge on any atom is -0.342 e. The molecule has 7 nitrogen and oxygen atoms in total. The molecule has 1 saturated heterocycles. The number of amides is 1. The smallest absolute Gasteiger partial charge is 0.274 e. The third kappa shape index (κ3) is 4.54. The highest BCUT2D eigenvalue weighted by Gasteiger charge is 2.19. The molecule has 0 aliphatic carbocycles. The maximum absolute atomic E-state index is 12.6. The van der Waals surface area contributed by atoms with E-state index < -0.39 is 0 Å². The summed E-state index contributed by atoms with van der Waals surface area (Å²) in [5.74, 6) is 0.938. The van der Waals surface area contributed by atoms with Crippen LogP contribution in [0, 0.1) is 0 Å². The monoisotopic (exact) mass is 402 g/mol. The van der Waals surface area contributed by atoms with Gasteiger partial charge in [-0.05, 0) is 44.0 Å². The SMILES string of the molecule is CN(CCCc1nc2ccccc2[nH]1)C(=O)c1ccn(C2CCCNC2)n1.Cl. The lowest BCUT2D eigenvalue weighted by atomic mass is 10.1. The number of fused-ring (bicyclic) bond motifs is 1. The molecule has 28 heavy (non-hydrogen) atoms. The summed E-state index contributed by atoms with van der Waals surface area (Å²) in [5.41, 5.74) is 2.56. The molecule has 150 valence electrons. The van der Waals surface area contributed by atoms with E-state index in [0.29, 0.717) is 18.3 Å². The van der Waals surface area contributed by atoms with Crippen molar-refractivity contribution < 1.29 is 4.79 Å². The fraction of sp³-hybridized carbons (Fsp3) is 0.450. The standard InChI is InChI=1S/C20H26N6O.ClH/c1-25(12-5-9-19-22-16-7-2-3-8-17(16)23-19)20(27)18-10-13-26(24-18)15-6-4-11-21-14-15;/h2-3,7-8,10,13,15,21H,4-6,9,11-12,14H2,1H3,(H,22,23);1H. The zero-order valence-electron chi connectivity index (χ0n) is 16.1. The number of imidazole rings is 1. The van der Waals surface area contributed by atoms with Crippen molar-refractivity contribution in [1.82, 2.24) is 30.0 Å². The van der Waals surface area contributed by atoms with E-state index in [4.69, 9.17) is 0 Å². The van der Waals surface area contributed by atoms with Gasteiger partial charge in [0, 0.05) is 32.8 Å². The molecule has 1 aromatic carbocycles. The molecule has 4 rings (SSSR count). The highest BCUT2D eigenvalue weighted by atomic mass is 35.5. The van der Waals surface area contributed by atoms with Crippen LogP contribution in [0.25, 0.3) is 11.0 Å². The van der Waals surface area contributed by atoms with Crippen LogP contribution in [0.3, 0.4) is 0 Å². The Hall–Kier alpha value is -2.38. The number of aromatic nitrogens is 4. The van der Waals surface area contributed by atoms with Gasteiger partial charge in [0.15, 0.2) is 0 Å². The van der Waals surface area contributed by atoms with E-state index in [1.165, 1.54) is 0 Å². The van der Waals surface area contributed by atoms with Gasteiger partial charge >= 0.3 is 0 Å². The normalized spacial score (nSPS) is 16.7. The van der Waals surface area contributed by atoms with Crippen LogP contribution in [0.15, 0.2) is 36.5 Å². The molecule has 1 aliphatic rings. The van der Waals surface area contributed by atoms with Crippen LogP contribution in [-0.4, -0.2) is 57.2 Å².